The van der Waals surface area contributed by atoms with Gasteiger partial charge in [-0.15, -0.1) is 0 Å². The van der Waals surface area contributed by atoms with Crippen LogP contribution in [0.2, 0.25) is 0 Å². The van der Waals surface area contributed by atoms with Gasteiger partial charge in [-0.2, -0.15) is 8.78 Å². The summed E-state index contributed by atoms with van der Waals surface area (Å²) >= 11 is 0. The maximum Gasteiger partial charge on any atom is 0.387 e. The molecule has 0 saturated heterocycles. The van der Waals surface area contributed by atoms with Crippen LogP contribution in [0.4, 0.5) is 8.78 Å². The second kappa shape index (κ2) is 6.85. The highest BCUT2D eigenvalue weighted by atomic mass is 19.3. The van der Waals surface area contributed by atoms with E-state index in [9.17, 15) is 13.6 Å². The molecule has 21 heavy (non-hydrogen) atoms. The van der Waals surface area contributed by atoms with E-state index < -0.39 is 6.61 Å². The fourth-order valence-electron chi connectivity index (χ4n) is 2.47. The molecule has 1 amide bonds. The van der Waals surface area contributed by atoms with Gasteiger partial charge in [0.05, 0.1) is 5.41 Å². The maximum atomic E-state index is 12.0. The summed E-state index contributed by atoms with van der Waals surface area (Å²) in [6, 6.07) is 6.42. The van der Waals surface area contributed by atoms with Crippen molar-refractivity contribution in [2.45, 2.75) is 32.3 Å². The summed E-state index contributed by atoms with van der Waals surface area (Å²) in [6.07, 6.45) is 3.40. The largest absolute Gasteiger partial charge is 0.435 e. The average molecular weight is 298 g/mol. The van der Waals surface area contributed by atoms with Crippen molar-refractivity contribution in [2.24, 2.45) is 11.1 Å². The van der Waals surface area contributed by atoms with Crippen LogP contribution >= 0.6 is 0 Å². The van der Waals surface area contributed by atoms with Crippen LogP contribution in [0, 0.1) is 5.41 Å². The Kier molecular flexibility index (Phi) is 5.12. The van der Waals surface area contributed by atoms with Crippen molar-refractivity contribution in [1.29, 1.82) is 0 Å². The number of alkyl halides is 2. The first kappa shape index (κ1) is 15.7. The molecule has 1 saturated carbocycles. The topological polar surface area (TPSA) is 64.4 Å². The fourth-order valence-corrected chi connectivity index (χ4v) is 2.47. The summed E-state index contributed by atoms with van der Waals surface area (Å²) in [5.41, 5.74) is 6.26. The molecule has 0 unspecified atom stereocenters. The number of amides is 1. The van der Waals surface area contributed by atoms with E-state index in [4.69, 9.17) is 5.73 Å². The van der Waals surface area contributed by atoms with Crippen LogP contribution in [0.1, 0.15) is 24.8 Å². The van der Waals surface area contributed by atoms with Gasteiger partial charge in [0.25, 0.3) is 0 Å². The van der Waals surface area contributed by atoms with E-state index in [2.05, 4.69) is 10.1 Å². The van der Waals surface area contributed by atoms with Crippen molar-refractivity contribution in [2.75, 3.05) is 13.1 Å². The second-order valence-corrected chi connectivity index (χ2v) is 5.37. The van der Waals surface area contributed by atoms with Gasteiger partial charge in [-0.25, -0.2) is 0 Å². The van der Waals surface area contributed by atoms with Crippen molar-refractivity contribution in [1.82, 2.24) is 5.32 Å². The fraction of sp³-hybridized carbons (Fsp3) is 0.533. The maximum absolute atomic E-state index is 12.0. The van der Waals surface area contributed by atoms with Gasteiger partial charge in [-0.1, -0.05) is 18.6 Å². The van der Waals surface area contributed by atoms with E-state index in [-0.39, 0.29) is 17.1 Å². The zero-order valence-corrected chi connectivity index (χ0v) is 11.8. The van der Waals surface area contributed by atoms with Crippen molar-refractivity contribution in [3.63, 3.8) is 0 Å². The van der Waals surface area contributed by atoms with Crippen molar-refractivity contribution < 1.29 is 18.3 Å². The molecule has 0 radical (unpaired) electrons. The average Bonchev–Trinajstić information content (AvgIpc) is 2.39. The van der Waals surface area contributed by atoms with Crippen LogP contribution < -0.4 is 15.8 Å². The Morgan fingerprint density at radius 2 is 2.00 bits per heavy atom. The number of rotatable bonds is 7. The Hall–Kier alpha value is -1.69. The van der Waals surface area contributed by atoms with E-state index in [1.54, 1.807) is 12.1 Å². The van der Waals surface area contributed by atoms with Gasteiger partial charge in [-0.05, 0) is 37.0 Å². The lowest BCUT2D eigenvalue weighted by Crippen LogP contribution is -2.50. The van der Waals surface area contributed by atoms with Crippen molar-refractivity contribution in [3.8, 4) is 5.75 Å². The third-order valence-electron chi connectivity index (χ3n) is 4.03. The first-order chi connectivity index (χ1) is 10.1. The van der Waals surface area contributed by atoms with Crippen LogP contribution in [-0.4, -0.2) is 25.6 Å². The van der Waals surface area contributed by atoms with Crippen molar-refractivity contribution in [3.05, 3.63) is 29.8 Å². The van der Waals surface area contributed by atoms with E-state index in [0.717, 1.165) is 24.8 Å². The van der Waals surface area contributed by atoms with Gasteiger partial charge in [-0.3, -0.25) is 4.79 Å². The molecule has 1 fully saturated rings. The third-order valence-corrected chi connectivity index (χ3v) is 4.03. The SMILES string of the molecule is NCC1(C(=O)NCCc2ccc(OC(F)F)cc2)CCC1. The molecule has 1 aromatic rings. The molecule has 0 bridgehead atoms. The number of hydrogen-bond acceptors (Lipinski definition) is 3. The lowest BCUT2D eigenvalue weighted by atomic mass is 9.68. The molecular weight excluding hydrogens is 278 g/mol. The number of carbonyl (C=O) groups excluding carboxylic acids is 1. The minimum atomic E-state index is -2.81. The molecule has 4 nitrogen and oxygen atoms in total. The van der Waals surface area contributed by atoms with Crippen molar-refractivity contribution >= 4 is 5.91 Å². The Balaban J connectivity index is 1.77. The number of nitrogens with one attached hydrogen (secondary N) is 1. The number of ether oxygens (including phenoxy) is 1. The van der Waals surface area contributed by atoms with Crippen LogP contribution in [-0.2, 0) is 11.2 Å². The van der Waals surface area contributed by atoms with E-state index in [0.29, 0.717) is 19.5 Å². The Morgan fingerprint density at radius 1 is 1.33 bits per heavy atom. The second-order valence-electron chi connectivity index (χ2n) is 5.37. The number of benzene rings is 1. The summed E-state index contributed by atoms with van der Waals surface area (Å²) in [5, 5.41) is 2.90. The summed E-state index contributed by atoms with van der Waals surface area (Å²) in [4.78, 5) is 12.0. The summed E-state index contributed by atoms with van der Waals surface area (Å²) in [6.45, 7) is -1.92. The summed E-state index contributed by atoms with van der Waals surface area (Å²) in [7, 11) is 0. The Morgan fingerprint density at radius 3 is 2.48 bits per heavy atom. The minimum Gasteiger partial charge on any atom is -0.435 e. The predicted molar refractivity (Wildman–Crippen MR) is 75.1 cm³/mol. The molecular formula is C15H20F2N2O2. The minimum absolute atomic E-state index is 0.0221. The van der Waals surface area contributed by atoms with E-state index in [1.807, 2.05) is 0 Å². The van der Waals surface area contributed by atoms with Gasteiger partial charge < -0.3 is 15.8 Å². The molecule has 2 rings (SSSR count). The molecule has 1 aromatic carbocycles. The molecule has 3 N–H and O–H groups in total. The molecule has 1 aliphatic rings. The smallest absolute Gasteiger partial charge is 0.387 e. The van der Waals surface area contributed by atoms with Crippen LogP contribution in [0.5, 0.6) is 5.75 Å². The molecule has 116 valence electrons. The monoisotopic (exact) mass is 298 g/mol. The van der Waals surface area contributed by atoms with Gasteiger partial charge >= 0.3 is 6.61 Å². The predicted octanol–water partition coefficient (Wildman–Crippen LogP) is 2.08. The third kappa shape index (κ3) is 3.91. The Labute approximate surface area is 122 Å². The highest BCUT2D eigenvalue weighted by molar-refractivity contribution is 5.83. The van der Waals surface area contributed by atoms with Gasteiger partial charge in [0.15, 0.2) is 0 Å². The van der Waals surface area contributed by atoms with Crippen LogP contribution in [0.25, 0.3) is 0 Å². The highest BCUT2D eigenvalue weighted by Gasteiger charge is 2.42. The number of hydrogen-bond donors (Lipinski definition) is 2. The van der Waals surface area contributed by atoms with Gasteiger partial charge in [0.2, 0.25) is 5.91 Å². The number of halogens is 2. The zero-order valence-electron chi connectivity index (χ0n) is 11.8. The lowest BCUT2D eigenvalue weighted by Gasteiger charge is -2.39. The zero-order chi connectivity index (χ0) is 15.3. The van der Waals surface area contributed by atoms with Gasteiger partial charge in [0.1, 0.15) is 5.75 Å². The Bertz CT molecular complexity index is 468. The lowest BCUT2D eigenvalue weighted by molar-refractivity contribution is -0.135. The molecule has 1 aliphatic carbocycles. The standard InChI is InChI=1S/C15H20F2N2O2/c16-14(17)21-12-4-2-11(3-5-12)6-9-19-13(20)15(10-18)7-1-8-15/h2-5,14H,1,6-10,18H2,(H,19,20). The first-order valence-electron chi connectivity index (χ1n) is 7.08. The summed E-state index contributed by atoms with van der Waals surface area (Å²) < 4.78 is 28.3. The van der Waals surface area contributed by atoms with E-state index >= 15 is 0 Å². The number of carbonyl (C=O) groups is 1. The molecule has 0 atom stereocenters. The molecule has 0 aliphatic heterocycles. The summed E-state index contributed by atoms with van der Waals surface area (Å²) in [5.74, 6) is 0.156. The van der Waals surface area contributed by atoms with Crippen LogP contribution in [0.15, 0.2) is 24.3 Å². The normalized spacial score (nSPS) is 16.4. The number of nitrogens with two attached hydrogens (primary N) is 1. The molecule has 0 heterocycles. The highest BCUT2D eigenvalue weighted by Crippen LogP contribution is 2.39. The molecule has 0 spiro atoms. The van der Waals surface area contributed by atoms with Gasteiger partial charge in [0, 0.05) is 13.1 Å². The molecule has 6 heteroatoms. The van der Waals surface area contributed by atoms with Crippen LogP contribution in [0.3, 0.4) is 0 Å². The van der Waals surface area contributed by atoms with E-state index in [1.165, 1.54) is 12.1 Å². The molecule has 0 aromatic heterocycles. The first-order valence-corrected chi connectivity index (χ1v) is 7.08. The quantitative estimate of drug-likeness (QED) is 0.810.